The van der Waals surface area contributed by atoms with Crippen molar-refractivity contribution in [2.75, 3.05) is 36.4 Å². The van der Waals surface area contributed by atoms with Crippen LogP contribution < -0.4 is 10.2 Å². The summed E-state index contributed by atoms with van der Waals surface area (Å²) in [6, 6.07) is 12.4. The number of nitrogens with one attached hydrogen (secondary N) is 1. The number of carbonyl (C=O) groups is 3. The van der Waals surface area contributed by atoms with Crippen LogP contribution in [0.3, 0.4) is 0 Å². The Balaban J connectivity index is 0.000000505. The normalized spacial score (nSPS) is 16.8. The number of aromatic carboxylic acids is 1. The SMILES string of the molecule is O=C(Nc1ccc(N2CCC(N3CCCCC3)CC2)c(C(=O)O)c1)c1cccc(Cl)c1.O=C(O)C(F)(F)F. The molecule has 0 radical (unpaired) electrons. The van der Waals surface area contributed by atoms with Gasteiger partial charge in [0, 0.05) is 35.4 Å². The highest BCUT2D eigenvalue weighted by atomic mass is 35.5. The van der Waals surface area contributed by atoms with Crippen LogP contribution in [0.5, 0.6) is 0 Å². The van der Waals surface area contributed by atoms with Gasteiger partial charge in [-0.15, -0.1) is 0 Å². The molecule has 2 saturated heterocycles. The molecule has 0 aromatic heterocycles. The first-order valence-electron chi connectivity index (χ1n) is 12.2. The van der Waals surface area contributed by atoms with Crippen molar-refractivity contribution in [2.24, 2.45) is 0 Å². The molecular weight excluding hydrogens is 527 g/mol. The molecule has 8 nitrogen and oxygen atoms in total. The largest absolute Gasteiger partial charge is 0.490 e. The lowest BCUT2D eigenvalue weighted by atomic mass is 9.98. The highest BCUT2D eigenvalue weighted by Crippen LogP contribution is 2.29. The summed E-state index contributed by atoms with van der Waals surface area (Å²) in [5.74, 6) is -4.08. The van der Waals surface area contributed by atoms with Crippen molar-refractivity contribution in [2.45, 2.75) is 44.3 Å². The van der Waals surface area contributed by atoms with Crippen molar-refractivity contribution in [1.29, 1.82) is 0 Å². The van der Waals surface area contributed by atoms with Gasteiger partial charge in [-0.2, -0.15) is 13.2 Å². The van der Waals surface area contributed by atoms with E-state index in [0.717, 1.165) is 25.9 Å². The molecule has 3 N–H and O–H groups in total. The lowest BCUT2D eigenvalue weighted by Gasteiger charge is -2.41. The third-order valence-electron chi connectivity index (χ3n) is 6.53. The van der Waals surface area contributed by atoms with Gasteiger partial charge >= 0.3 is 18.1 Å². The highest BCUT2D eigenvalue weighted by molar-refractivity contribution is 6.31. The number of hydrogen-bond acceptors (Lipinski definition) is 5. The van der Waals surface area contributed by atoms with Crippen molar-refractivity contribution in [1.82, 2.24) is 4.90 Å². The monoisotopic (exact) mass is 555 g/mol. The maximum Gasteiger partial charge on any atom is 0.490 e. The second-order valence-corrected chi connectivity index (χ2v) is 9.56. The van der Waals surface area contributed by atoms with Gasteiger partial charge < -0.3 is 25.3 Å². The number of rotatable bonds is 5. The van der Waals surface area contributed by atoms with Crippen molar-refractivity contribution >= 4 is 40.8 Å². The van der Waals surface area contributed by atoms with E-state index in [0.29, 0.717) is 28.0 Å². The van der Waals surface area contributed by atoms with E-state index in [9.17, 15) is 27.9 Å². The lowest BCUT2D eigenvalue weighted by Crippen LogP contribution is -2.47. The molecule has 2 aliphatic heterocycles. The Bertz CT molecular complexity index is 1150. The van der Waals surface area contributed by atoms with Gasteiger partial charge in [0.05, 0.1) is 11.3 Å². The number of benzene rings is 2. The smallest absolute Gasteiger partial charge is 0.478 e. The van der Waals surface area contributed by atoms with Gasteiger partial charge in [0.2, 0.25) is 0 Å². The molecule has 1 amide bonds. The number of carboxylic acid groups (broad SMARTS) is 2. The number of likely N-dealkylation sites (tertiary alicyclic amines) is 1. The standard InChI is InChI=1S/C24H28ClN3O3.C2HF3O2/c25-18-6-4-5-17(15-18)23(29)26-19-7-8-22(21(16-19)24(30)31)28-13-9-20(10-14-28)27-11-2-1-3-12-27;3-2(4,5)1(6)7/h4-8,15-16,20H,1-3,9-14H2,(H,26,29)(H,30,31);(H,6,7). The number of alkyl halides is 3. The van der Waals surface area contributed by atoms with Crippen molar-refractivity contribution in [3.05, 3.63) is 58.6 Å². The number of carbonyl (C=O) groups excluding carboxylic acids is 1. The molecule has 0 aliphatic carbocycles. The molecule has 2 aromatic carbocycles. The minimum absolute atomic E-state index is 0.209. The summed E-state index contributed by atoms with van der Waals surface area (Å²) in [5.41, 5.74) is 1.80. The number of carboxylic acids is 2. The molecule has 0 saturated carbocycles. The van der Waals surface area contributed by atoms with E-state index in [1.54, 1.807) is 36.4 Å². The molecular formula is C26H29ClF3N3O5. The molecule has 2 aromatic rings. The third kappa shape index (κ3) is 8.09. The Morgan fingerprint density at radius 1 is 0.921 bits per heavy atom. The molecule has 38 heavy (non-hydrogen) atoms. The van der Waals surface area contributed by atoms with Gasteiger partial charge in [0.25, 0.3) is 5.91 Å². The molecule has 0 spiro atoms. The number of nitrogens with zero attached hydrogens (tertiary/aromatic N) is 2. The first-order chi connectivity index (χ1) is 18.0. The number of amides is 1. The summed E-state index contributed by atoms with van der Waals surface area (Å²) in [6.07, 6.45) is 0.910. The molecule has 0 atom stereocenters. The van der Waals surface area contributed by atoms with Crippen LogP contribution in [0.15, 0.2) is 42.5 Å². The molecule has 0 bridgehead atoms. The van der Waals surface area contributed by atoms with Crippen LogP contribution in [0, 0.1) is 0 Å². The average Bonchev–Trinajstić information content (AvgIpc) is 2.89. The molecule has 2 fully saturated rings. The summed E-state index contributed by atoms with van der Waals surface area (Å²) in [4.78, 5) is 38.1. The zero-order valence-corrected chi connectivity index (χ0v) is 21.3. The zero-order chi connectivity index (χ0) is 27.9. The van der Waals surface area contributed by atoms with Crippen LogP contribution in [0.1, 0.15) is 52.8 Å². The van der Waals surface area contributed by atoms with E-state index in [-0.39, 0.29) is 11.5 Å². The van der Waals surface area contributed by atoms with Gasteiger partial charge in [0.1, 0.15) is 0 Å². The first-order valence-corrected chi connectivity index (χ1v) is 12.6. The topological polar surface area (TPSA) is 110 Å². The van der Waals surface area contributed by atoms with Crippen molar-refractivity contribution in [3.8, 4) is 0 Å². The van der Waals surface area contributed by atoms with E-state index < -0.39 is 18.1 Å². The van der Waals surface area contributed by atoms with Crippen LogP contribution in [0.4, 0.5) is 24.5 Å². The van der Waals surface area contributed by atoms with Crippen LogP contribution in [-0.4, -0.2) is 71.4 Å². The maximum absolute atomic E-state index is 12.5. The van der Waals surface area contributed by atoms with E-state index in [4.69, 9.17) is 21.5 Å². The van der Waals surface area contributed by atoms with Crippen molar-refractivity contribution < 1.29 is 37.8 Å². The van der Waals surface area contributed by atoms with Gasteiger partial charge in [-0.25, -0.2) is 9.59 Å². The molecule has 12 heteroatoms. The summed E-state index contributed by atoms with van der Waals surface area (Å²) in [7, 11) is 0. The first kappa shape index (κ1) is 29.2. The Kier molecular flexibility index (Phi) is 9.98. The number of aliphatic carboxylic acids is 1. The van der Waals surface area contributed by atoms with E-state index in [2.05, 4.69) is 15.1 Å². The molecule has 4 rings (SSSR count). The van der Waals surface area contributed by atoms with E-state index in [1.165, 1.54) is 38.4 Å². The minimum atomic E-state index is -5.08. The second kappa shape index (κ2) is 13.0. The Morgan fingerprint density at radius 2 is 1.55 bits per heavy atom. The molecule has 2 aliphatic rings. The molecule has 0 unspecified atom stereocenters. The number of anilines is 2. The predicted molar refractivity (Wildman–Crippen MR) is 137 cm³/mol. The Labute approximate surface area is 223 Å². The van der Waals surface area contributed by atoms with Crippen molar-refractivity contribution in [3.63, 3.8) is 0 Å². The zero-order valence-electron chi connectivity index (χ0n) is 20.5. The van der Waals surface area contributed by atoms with Gasteiger partial charge in [-0.05, 0) is 75.2 Å². The summed E-state index contributed by atoms with van der Waals surface area (Å²) >= 11 is 5.96. The molecule has 206 valence electrons. The third-order valence-corrected chi connectivity index (χ3v) is 6.76. The van der Waals surface area contributed by atoms with Crippen LogP contribution in [0.25, 0.3) is 0 Å². The maximum atomic E-state index is 12.5. The highest BCUT2D eigenvalue weighted by Gasteiger charge is 2.38. The number of halogens is 4. The van der Waals surface area contributed by atoms with Gasteiger partial charge in [-0.3, -0.25) is 4.79 Å². The Hall–Kier alpha value is -3.31. The van der Waals surface area contributed by atoms with Gasteiger partial charge in [0.15, 0.2) is 0 Å². The second-order valence-electron chi connectivity index (χ2n) is 9.12. The predicted octanol–water partition coefficient (Wildman–Crippen LogP) is 5.38. The molecule has 2 heterocycles. The van der Waals surface area contributed by atoms with Gasteiger partial charge in [-0.1, -0.05) is 24.1 Å². The number of hydrogen-bond donors (Lipinski definition) is 3. The minimum Gasteiger partial charge on any atom is -0.478 e. The van der Waals surface area contributed by atoms with Crippen LogP contribution in [0.2, 0.25) is 5.02 Å². The fourth-order valence-corrected chi connectivity index (χ4v) is 4.84. The fourth-order valence-electron chi connectivity index (χ4n) is 4.65. The summed E-state index contributed by atoms with van der Waals surface area (Å²) in [5, 5.41) is 20.2. The Morgan fingerprint density at radius 3 is 2.11 bits per heavy atom. The lowest BCUT2D eigenvalue weighted by molar-refractivity contribution is -0.192. The summed E-state index contributed by atoms with van der Waals surface area (Å²) < 4.78 is 31.7. The van der Waals surface area contributed by atoms with E-state index in [1.807, 2.05) is 0 Å². The van der Waals surface area contributed by atoms with Crippen LogP contribution in [-0.2, 0) is 4.79 Å². The average molecular weight is 556 g/mol. The van der Waals surface area contributed by atoms with E-state index >= 15 is 0 Å². The quantitative estimate of drug-likeness (QED) is 0.454. The summed E-state index contributed by atoms with van der Waals surface area (Å²) in [6.45, 7) is 4.06. The van der Waals surface area contributed by atoms with Crippen LogP contribution >= 0.6 is 11.6 Å². The fraction of sp³-hybridized carbons (Fsp3) is 0.423. The number of piperidine rings is 2.